The van der Waals surface area contributed by atoms with Gasteiger partial charge in [0.2, 0.25) is 0 Å². The minimum Gasteiger partial charge on any atom is -0.237 e. The van der Waals surface area contributed by atoms with Crippen molar-refractivity contribution in [3.63, 3.8) is 0 Å². The van der Waals surface area contributed by atoms with Gasteiger partial charge in [-0.15, -0.1) is 0 Å². The minimum atomic E-state index is 0.814. The molecule has 0 amide bonds. The minimum absolute atomic E-state index is 0.814. The first-order valence-corrected chi connectivity index (χ1v) is 5.67. The van der Waals surface area contributed by atoms with Crippen LogP contribution in [-0.4, -0.2) is 20.9 Å². The molecule has 0 N–H and O–H groups in total. The maximum atomic E-state index is 4.39. The predicted octanol–water partition coefficient (Wildman–Crippen LogP) is 2.55. The molecule has 4 heteroatoms. The predicted molar refractivity (Wildman–Crippen MR) is 56.2 cm³/mol. The lowest BCUT2D eigenvalue weighted by molar-refractivity contribution is 1.28. The molecule has 1 aromatic rings. The molecule has 0 aliphatic carbocycles. The van der Waals surface area contributed by atoms with Crippen LogP contribution in [0, 0.1) is 0 Å². The van der Waals surface area contributed by atoms with Gasteiger partial charge in [0.05, 0.1) is 0 Å². The van der Waals surface area contributed by atoms with Crippen LogP contribution in [0.2, 0.25) is 0 Å². The molecule has 0 unspecified atom stereocenters. The van der Waals surface area contributed by atoms with Crippen LogP contribution in [0.1, 0.15) is 0 Å². The van der Waals surface area contributed by atoms with Crippen LogP contribution in [0.4, 0.5) is 5.82 Å². The molecule has 1 aliphatic rings. The zero-order valence-corrected chi connectivity index (χ0v) is 8.07. The highest BCUT2D eigenvalue weighted by Crippen LogP contribution is 2.27. The van der Waals surface area contributed by atoms with Gasteiger partial charge in [-0.1, -0.05) is 29.6 Å². The molecule has 1 fully saturated rings. The van der Waals surface area contributed by atoms with Gasteiger partial charge in [-0.2, -0.15) is 0 Å². The van der Waals surface area contributed by atoms with E-state index in [-0.39, 0.29) is 0 Å². The van der Waals surface area contributed by atoms with Crippen LogP contribution in [0.5, 0.6) is 0 Å². The van der Waals surface area contributed by atoms with Crippen molar-refractivity contribution in [2.24, 2.45) is 4.99 Å². The number of aliphatic imine (C=N–C) groups is 1. The smallest absolute Gasteiger partial charge is 0.153 e. The van der Waals surface area contributed by atoms with Gasteiger partial charge in [-0.3, -0.25) is 0 Å². The SMILES string of the molecule is c1ccc(N=C2SCCS2)nc1. The van der Waals surface area contributed by atoms with E-state index in [2.05, 4.69) is 9.98 Å². The molecule has 1 aliphatic heterocycles. The largest absolute Gasteiger partial charge is 0.237 e. The number of thioether (sulfide) groups is 2. The topological polar surface area (TPSA) is 25.2 Å². The van der Waals surface area contributed by atoms with Crippen LogP contribution >= 0.6 is 23.5 Å². The fourth-order valence-electron chi connectivity index (χ4n) is 0.878. The molecular weight excluding hydrogens is 188 g/mol. The zero-order valence-electron chi connectivity index (χ0n) is 6.43. The molecule has 2 heterocycles. The maximum absolute atomic E-state index is 4.39. The Morgan fingerprint density at radius 1 is 1.25 bits per heavy atom. The van der Waals surface area contributed by atoms with Crippen molar-refractivity contribution in [1.82, 2.24) is 4.98 Å². The van der Waals surface area contributed by atoms with E-state index in [9.17, 15) is 0 Å². The lowest BCUT2D eigenvalue weighted by Gasteiger charge is -1.92. The standard InChI is InChI=1S/C8H8N2S2/c1-2-4-9-7(3-1)10-8-11-5-6-12-8/h1-4H,5-6H2. The molecule has 62 valence electrons. The third kappa shape index (κ3) is 2.01. The molecule has 0 saturated carbocycles. The van der Waals surface area contributed by atoms with E-state index >= 15 is 0 Å². The van der Waals surface area contributed by atoms with E-state index < -0.39 is 0 Å². The third-order valence-electron chi connectivity index (χ3n) is 1.39. The molecule has 0 bridgehead atoms. The Morgan fingerprint density at radius 2 is 2.08 bits per heavy atom. The molecule has 0 radical (unpaired) electrons. The lowest BCUT2D eigenvalue weighted by atomic mass is 10.5. The summed E-state index contributed by atoms with van der Waals surface area (Å²) in [6.07, 6.45) is 1.77. The fraction of sp³-hybridized carbons (Fsp3) is 0.250. The molecule has 2 rings (SSSR count). The summed E-state index contributed by atoms with van der Waals surface area (Å²) in [5.74, 6) is 3.17. The summed E-state index contributed by atoms with van der Waals surface area (Å²) in [6.45, 7) is 0. The molecular formula is C8H8N2S2. The second kappa shape index (κ2) is 3.96. The van der Waals surface area contributed by atoms with E-state index in [0.717, 1.165) is 10.2 Å². The highest BCUT2D eigenvalue weighted by molar-refractivity contribution is 8.41. The monoisotopic (exact) mass is 196 g/mol. The molecule has 1 saturated heterocycles. The summed E-state index contributed by atoms with van der Waals surface area (Å²) in [7, 11) is 0. The van der Waals surface area contributed by atoms with Gasteiger partial charge in [0.15, 0.2) is 5.82 Å². The van der Waals surface area contributed by atoms with Crippen LogP contribution in [0.15, 0.2) is 29.4 Å². The normalized spacial score (nSPS) is 16.5. The Morgan fingerprint density at radius 3 is 2.75 bits per heavy atom. The second-order valence-electron chi connectivity index (χ2n) is 2.26. The van der Waals surface area contributed by atoms with Crippen LogP contribution in [0.25, 0.3) is 0 Å². The molecule has 0 spiro atoms. The van der Waals surface area contributed by atoms with Crippen LogP contribution < -0.4 is 0 Å². The summed E-state index contributed by atoms with van der Waals surface area (Å²) >= 11 is 3.62. The first-order valence-electron chi connectivity index (χ1n) is 3.70. The van der Waals surface area contributed by atoms with Gasteiger partial charge < -0.3 is 0 Å². The first-order chi connectivity index (χ1) is 5.95. The van der Waals surface area contributed by atoms with Gasteiger partial charge >= 0.3 is 0 Å². The van der Waals surface area contributed by atoms with E-state index in [1.807, 2.05) is 41.7 Å². The van der Waals surface area contributed by atoms with Crippen molar-refractivity contribution in [3.8, 4) is 0 Å². The van der Waals surface area contributed by atoms with E-state index in [1.54, 1.807) is 6.20 Å². The molecule has 1 aromatic heterocycles. The molecule has 12 heavy (non-hydrogen) atoms. The fourth-order valence-corrected chi connectivity index (χ4v) is 3.04. The summed E-state index contributed by atoms with van der Waals surface area (Å²) in [5, 5.41) is 0. The van der Waals surface area contributed by atoms with Crippen molar-refractivity contribution in [3.05, 3.63) is 24.4 Å². The van der Waals surface area contributed by atoms with Crippen molar-refractivity contribution in [2.45, 2.75) is 0 Å². The zero-order chi connectivity index (χ0) is 8.23. The van der Waals surface area contributed by atoms with Crippen LogP contribution in [-0.2, 0) is 0 Å². The van der Waals surface area contributed by atoms with Gasteiger partial charge in [0, 0.05) is 17.7 Å². The Balaban J connectivity index is 2.16. The molecule has 0 aromatic carbocycles. The van der Waals surface area contributed by atoms with Gasteiger partial charge in [0.1, 0.15) is 4.38 Å². The highest BCUT2D eigenvalue weighted by Gasteiger charge is 2.09. The van der Waals surface area contributed by atoms with Gasteiger partial charge in [-0.05, 0) is 12.1 Å². The summed E-state index contributed by atoms with van der Waals surface area (Å²) in [6, 6.07) is 5.78. The van der Waals surface area contributed by atoms with Crippen LogP contribution in [0.3, 0.4) is 0 Å². The van der Waals surface area contributed by atoms with Crippen molar-refractivity contribution < 1.29 is 0 Å². The average molecular weight is 196 g/mol. The number of nitrogens with zero attached hydrogens (tertiary/aromatic N) is 2. The number of aromatic nitrogens is 1. The quantitative estimate of drug-likeness (QED) is 0.690. The summed E-state index contributed by atoms with van der Waals surface area (Å²) < 4.78 is 1.15. The number of hydrogen-bond acceptors (Lipinski definition) is 4. The van der Waals surface area contributed by atoms with E-state index in [1.165, 1.54) is 11.5 Å². The number of hydrogen-bond donors (Lipinski definition) is 0. The Kier molecular flexibility index (Phi) is 2.68. The first kappa shape index (κ1) is 8.13. The maximum Gasteiger partial charge on any atom is 0.153 e. The van der Waals surface area contributed by atoms with Crippen molar-refractivity contribution >= 4 is 33.7 Å². The van der Waals surface area contributed by atoms with E-state index in [4.69, 9.17) is 0 Å². The van der Waals surface area contributed by atoms with E-state index in [0.29, 0.717) is 0 Å². The highest BCUT2D eigenvalue weighted by atomic mass is 32.2. The van der Waals surface area contributed by atoms with Crippen molar-refractivity contribution in [2.75, 3.05) is 11.5 Å². The van der Waals surface area contributed by atoms with Crippen molar-refractivity contribution in [1.29, 1.82) is 0 Å². The Bertz CT molecular complexity index is 276. The third-order valence-corrected chi connectivity index (χ3v) is 3.85. The van der Waals surface area contributed by atoms with Gasteiger partial charge in [-0.25, -0.2) is 9.98 Å². The lowest BCUT2D eigenvalue weighted by Crippen LogP contribution is -1.77. The summed E-state index contributed by atoms with van der Waals surface area (Å²) in [5.41, 5.74) is 0. The summed E-state index contributed by atoms with van der Waals surface area (Å²) in [4.78, 5) is 8.52. The molecule has 2 nitrogen and oxygen atoms in total. The van der Waals surface area contributed by atoms with Gasteiger partial charge in [0.25, 0.3) is 0 Å². The Labute approximate surface area is 79.9 Å². The number of rotatable bonds is 1. The Hall–Kier alpha value is -0.480. The average Bonchev–Trinajstić information content (AvgIpc) is 2.59. The second-order valence-corrected chi connectivity index (χ2v) is 4.69. The number of pyridine rings is 1. The molecule has 0 atom stereocenters.